The van der Waals surface area contributed by atoms with E-state index in [2.05, 4.69) is 33.1 Å². The number of halogens is 1. The van der Waals surface area contributed by atoms with Gasteiger partial charge in [0.1, 0.15) is 11.7 Å². The van der Waals surface area contributed by atoms with E-state index in [0.29, 0.717) is 6.42 Å². The average Bonchev–Trinajstić information content (AvgIpc) is 2.84. The number of alkyl carbamates (subject to hydrolysis) is 1. The molecular formula is C27H41BrN2O9. The maximum Gasteiger partial charge on any atom is 0.407 e. The predicted octanol–water partition coefficient (Wildman–Crippen LogP) is 1.76. The van der Waals surface area contributed by atoms with Gasteiger partial charge in [0, 0.05) is 37.8 Å². The van der Waals surface area contributed by atoms with E-state index in [0.717, 1.165) is 0 Å². The molecule has 0 bridgehead atoms. The minimum atomic E-state index is -2.30. The maximum absolute atomic E-state index is 14.0. The van der Waals surface area contributed by atoms with Gasteiger partial charge in [-0.25, -0.2) is 4.79 Å². The zero-order chi connectivity index (χ0) is 29.6. The number of aliphatic hydroxyl groups excluding tert-OH is 1. The molecule has 1 aliphatic heterocycles. The average molecular weight is 618 g/mol. The number of hydrogen-bond donors (Lipinski definition) is 4. The number of alkyl halides is 1. The van der Waals surface area contributed by atoms with Crippen LogP contribution in [0.5, 0.6) is 0 Å². The Balaban J connectivity index is 2.14. The molecule has 0 aromatic heterocycles. The van der Waals surface area contributed by atoms with Crippen LogP contribution in [-0.2, 0) is 28.6 Å². The van der Waals surface area contributed by atoms with Gasteiger partial charge < -0.3 is 35.1 Å². The summed E-state index contributed by atoms with van der Waals surface area (Å²) in [6, 6.07) is 0. The number of nitrogens with one attached hydrogen (secondary N) is 2. The summed E-state index contributed by atoms with van der Waals surface area (Å²) in [7, 11) is 0. The molecule has 39 heavy (non-hydrogen) atoms. The summed E-state index contributed by atoms with van der Waals surface area (Å²) >= 11 is 3.05. The molecule has 0 unspecified atom stereocenters. The van der Waals surface area contributed by atoms with E-state index in [4.69, 9.17) is 14.2 Å². The fraction of sp³-hybridized carbons (Fsp3) is 0.778. The minimum Gasteiger partial charge on any atom is -0.455 e. The Hall–Kier alpha value is -2.02. The molecule has 220 valence electrons. The number of ketones is 1. The van der Waals surface area contributed by atoms with E-state index in [1.54, 1.807) is 13.8 Å². The molecule has 0 aromatic carbocycles. The Morgan fingerprint density at radius 2 is 1.77 bits per heavy atom. The molecule has 2 aliphatic carbocycles. The highest BCUT2D eigenvalue weighted by atomic mass is 79.9. The molecule has 1 heterocycles. The zero-order valence-electron chi connectivity index (χ0n) is 23.5. The van der Waals surface area contributed by atoms with Crippen LogP contribution in [0, 0.1) is 16.7 Å². The molecule has 2 amide bonds. The van der Waals surface area contributed by atoms with Crippen molar-refractivity contribution < 1.29 is 43.6 Å². The van der Waals surface area contributed by atoms with Crippen LogP contribution in [-0.4, -0.2) is 87.5 Å². The second kappa shape index (κ2) is 10.8. The van der Waals surface area contributed by atoms with Crippen LogP contribution in [0.4, 0.5) is 4.79 Å². The second-order valence-corrected chi connectivity index (χ2v) is 12.7. The highest BCUT2D eigenvalue weighted by molar-refractivity contribution is 9.09. The maximum atomic E-state index is 14.0. The van der Waals surface area contributed by atoms with Gasteiger partial charge in [0.15, 0.2) is 17.5 Å². The van der Waals surface area contributed by atoms with Crippen molar-refractivity contribution in [3.63, 3.8) is 0 Å². The summed E-state index contributed by atoms with van der Waals surface area (Å²) in [6.07, 6.45) is -2.63. The van der Waals surface area contributed by atoms with Crippen LogP contribution in [0.25, 0.3) is 0 Å². The number of fused-ring (bicyclic) bond motifs is 3. The highest BCUT2D eigenvalue weighted by Crippen LogP contribution is 2.67. The van der Waals surface area contributed by atoms with Gasteiger partial charge in [0.2, 0.25) is 5.91 Å². The number of rotatable bonds is 7. The first kappa shape index (κ1) is 31.5. The van der Waals surface area contributed by atoms with Gasteiger partial charge in [-0.1, -0.05) is 42.8 Å². The summed E-state index contributed by atoms with van der Waals surface area (Å²) in [5.41, 5.74) is -7.67. The van der Waals surface area contributed by atoms with Crippen LogP contribution in [0.3, 0.4) is 0 Å². The minimum absolute atomic E-state index is 0.0568. The molecule has 4 N–H and O–H groups in total. The van der Waals surface area contributed by atoms with E-state index in [1.807, 2.05) is 13.8 Å². The van der Waals surface area contributed by atoms with Crippen molar-refractivity contribution in [2.45, 2.75) is 95.9 Å². The molecule has 11 nitrogen and oxygen atoms in total. The van der Waals surface area contributed by atoms with E-state index >= 15 is 0 Å². The SMILES string of the molecule is C=C[C@@]1(C)CC(=O)[C@]2(O)[C@@]3(C)[C@@H](O)CCC(C)(C)[C@@H]3[C@H](OC(=O)NCCNC(=O)CBr)[C@H](OC(C)=O)[C@@]2(C)O1. The van der Waals surface area contributed by atoms with Gasteiger partial charge in [-0.05, 0) is 32.1 Å². The van der Waals surface area contributed by atoms with Gasteiger partial charge in [0.05, 0.1) is 17.0 Å². The summed E-state index contributed by atoms with van der Waals surface area (Å²) < 4.78 is 18.2. The summed E-state index contributed by atoms with van der Waals surface area (Å²) in [4.78, 5) is 51.0. The Morgan fingerprint density at radius 1 is 1.15 bits per heavy atom. The van der Waals surface area contributed by atoms with Crippen LogP contribution in [0.15, 0.2) is 12.7 Å². The van der Waals surface area contributed by atoms with Crippen molar-refractivity contribution in [1.29, 1.82) is 0 Å². The molecular weight excluding hydrogens is 576 g/mol. The Kier molecular flexibility index (Phi) is 8.69. The molecule has 3 aliphatic rings. The largest absolute Gasteiger partial charge is 0.455 e. The van der Waals surface area contributed by atoms with Crippen molar-refractivity contribution in [3.05, 3.63) is 12.7 Å². The summed E-state index contributed by atoms with van der Waals surface area (Å²) in [5.74, 6) is -2.38. The van der Waals surface area contributed by atoms with E-state index in [9.17, 15) is 29.4 Å². The Labute approximate surface area is 237 Å². The summed E-state index contributed by atoms with van der Waals surface area (Å²) in [6.45, 7) is 13.7. The van der Waals surface area contributed by atoms with Crippen LogP contribution in [0.1, 0.15) is 60.8 Å². The quantitative estimate of drug-likeness (QED) is 0.145. The predicted molar refractivity (Wildman–Crippen MR) is 144 cm³/mol. The number of carbonyl (C=O) groups is 4. The molecule has 1 saturated heterocycles. The van der Waals surface area contributed by atoms with Gasteiger partial charge in [-0.2, -0.15) is 0 Å². The number of Topliss-reactive ketones (excluding diaryl/α,β-unsaturated/α-hetero) is 1. The number of amides is 2. The topological polar surface area (TPSA) is 160 Å². The number of esters is 1. The second-order valence-electron chi connectivity index (χ2n) is 12.1. The third-order valence-electron chi connectivity index (χ3n) is 9.08. The molecule has 12 heteroatoms. The first-order valence-corrected chi connectivity index (χ1v) is 14.3. The number of carbonyl (C=O) groups excluding carboxylic acids is 4. The molecule has 0 aromatic rings. The van der Waals surface area contributed by atoms with Gasteiger partial charge in [0.25, 0.3) is 0 Å². The van der Waals surface area contributed by atoms with Crippen molar-refractivity contribution in [3.8, 4) is 0 Å². The lowest BCUT2D eigenvalue weighted by Crippen LogP contribution is -2.87. The fourth-order valence-electron chi connectivity index (χ4n) is 7.32. The molecule has 0 radical (unpaired) electrons. The zero-order valence-corrected chi connectivity index (χ0v) is 25.1. The van der Waals surface area contributed by atoms with E-state index in [-0.39, 0.29) is 37.2 Å². The molecule has 8 atom stereocenters. The lowest BCUT2D eigenvalue weighted by Gasteiger charge is -2.71. The molecule has 0 spiro atoms. The van der Waals surface area contributed by atoms with Gasteiger partial charge in [-0.3, -0.25) is 14.4 Å². The Morgan fingerprint density at radius 3 is 2.33 bits per heavy atom. The third-order valence-corrected chi connectivity index (χ3v) is 9.59. The van der Waals surface area contributed by atoms with Crippen LogP contribution in [0.2, 0.25) is 0 Å². The number of aliphatic hydroxyl groups is 2. The standard InChI is InChI=1S/C27H41BrN2O9/c1-8-24(5)13-17(33)27(36)25(6)16(32)9-10-23(3,4)20(25)19(21(37-15(2)31)26(27,7)39-24)38-22(35)30-12-11-29-18(34)14-28/h8,16,19-21,32,36H,1,9-14H2,2-7H3,(H,29,34)(H,30,35)/t16-,19-,20-,21-,24-,25-,26+,27-/m0/s1. The monoisotopic (exact) mass is 616 g/mol. The van der Waals surface area contributed by atoms with Crippen molar-refractivity contribution >= 4 is 39.7 Å². The smallest absolute Gasteiger partial charge is 0.407 e. The fourth-order valence-corrected chi connectivity index (χ4v) is 7.52. The number of ether oxygens (including phenoxy) is 3. The van der Waals surface area contributed by atoms with Crippen molar-refractivity contribution in [2.75, 3.05) is 18.4 Å². The summed E-state index contributed by atoms with van der Waals surface area (Å²) in [5, 5.41) is 29.3. The lowest BCUT2D eigenvalue weighted by molar-refractivity contribution is -0.369. The van der Waals surface area contributed by atoms with Crippen LogP contribution >= 0.6 is 15.9 Å². The molecule has 3 fully saturated rings. The van der Waals surface area contributed by atoms with Crippen molar-refractivity contribution in [2.24, 2.45) is 16.7 Å². The first-order chi connectivity index (χ1) is 17.9. The first-order valence-electron chi connectivity index (χ1n) is 13.2. The van der Waals surface area contributed by atoms with Gasteiger partial charge >= 0.3 is 12.1 Å². The van der Waals surface area contributed by atoms with Gasteiger partial charge in [-0.15, -0.1) is 6.58 Å². The molecule has 3 rings (SSSR count). The van der Waals surface area contributed by atoms with Crippen molar-refractivity contribution in [1.82, 2.24) is 10.6 Å². The van der Waals surface area contributed by atoms with E-state index < -0.39 is 69.7 Å². The third kappa shape index (κ3) is 5.02. The highest BCUT2D eigenvalue weighted by Gasteiger charge is 2.82. The molecule has 2 saturated carbocycles. The lowest BCUT2D eigenvalue weighted by atomic mass is 9.39. The van der Waals surface area contributed by atoms with E-state index in [1.165, 1.54) is 19.9 Å². The number of hydrogen-bond acceptors (Lipinski definition) is 9. The Bertz CT molecular complexity index is 1040. The van der Waals surface area contributed by atoms with Crippen LogP contribution < -0.4 is 10.6 Å². The normalized spacial score (nSPS) is 40.9.